The van der Waals surface area contributed by atoms with Gasteiger partial charge in [-0.2, -0.15) is 13.2 Å². The van der Waals surface area contributed by atoms with Crippen molar-refractivity contribution in [3.8, 4) is 0 Å². The molecule has 37 heavy (non-hydrogen) atoms. The molecule has 5 nitrogen and oxygen atoms in total. The summed E-state index contributed by atoms with van der Waals surface area (Å²) in [4.78, 5) is 31.1. The van der Waals surface area contributed by atoms with Gasteiger partial charge in [0.1, 0.15) is 6.54 Å². The molecular formula is C28H34F3N3O2S. The molecule has 1 heterocycles. The van der Waals surface area contributed by atoms with Crippen LogP contribution in [0.25, 0.3) is 6.08 Å². The van der Waals surface area contributed by atoms with Gasteiger partial charge >= 0.3 is 6.18 Å². The molecule has 1 aliphatic rings. The Labute approximate surface area is 221 Å². The molecule has 2 amide bonds. The van der Waals surface area contributed by atoms with Gasteiger partial charge in [0.15, 0.2) is 0 Å². The van der Waals surface area contributed by atoms with Gasteiger partial charge in [0.2, 0.25) is 5.91 Å². The molecule has 2 aromatic carbocycles. The Kier molecular flexibility index (Phi) is 9.84. The molecule has 9 heteroatoms. The maximum atomic E-state index is 13.3. The van der Waals surface area contributed by atoms with E-state index < -0.39 is 11.7 Å². The Balaban J connectivity index is 1.71. The fourth-order valence-electron chi connectivity index (χ4n) is 4.18. The fourth-order valence-corrected chi connectivity index (χ4v) is 5.24. The van der Waals surface area contributed by atoms with Gasteiger partial charge in [0.25, 0.3) is 5.91 Å². The largest absolute Gasteiger partial charge is 0.416 e. The third-order valence-electron chi connectivity index (χ3n) is 5.67. The number of carbonyl (C=O) groups is 2. The fraction of sp³-hybridized carbons (Fsp3) is 0.429. The van der Waals surface area contributed by atoms with Gasteiger partial charge in [0.05, 0.1) is 16.2 Å². The van der Waals surface area contributed by atoms with Crippen LogP contribution in [-0.2, 0) is 15.8 Å². The average Bonchev–Trinajstić information content (AvgIpc) is 2.80. The number of para-hydroxylation sites is 1. The zero-order valence-electron chi connectivity index (χ0n) is 21.6. The van der Waals surface area contributed by atoms with E-state index in [9.17, 15) is 22.8 Å². The molecule has 0 atom stereocenters. The topological polar surface area (TPSA) is 52.7 Å². The van der Waals surface area contributed by atoms with E-state index in [1.165, 1.54) is 28.8 Å². The molecule has 0 bridgehead atoms. The monoisotopic (exact) mass is 533 g/mol. The van der Waals surface area contributed by atoms with Gasteiger partial charge in [-0.1, -0.05) is 63.7 Å². The third-order valence-corrected chi connectivity index (χ3v) is 6.74. The van der Waals surface area contributed by atoms with E-state index in [-0.39, 0.29) is 18.4 Å². The SMILES string of the molecule is CC(C)CN(CCNC(=O)CN1C(=O)C(=Cc2ccc(C(F)(F)F)cc2)Sc2ccccc21)CC(C)C. The van der Waals surface area contributed by atoms with Crippen molar-refractivity contribution in [1.82, 2.24) is 10.2 Å². The van der Waals surface area contributed by atoms with E-state index in [2.05, 4.69) is 37.9 Å². The van der Waals surface area contributed by atoms with Crippen LogP contribution in [0, 0.1) is 11.8 Å². The maximum absolute atomic E-state index is 13.3. The number of rotatable bonds is 10. The van der Waals surface area contributed by atoms with E-state index in [4.69, 9.17) is 0 Å². The van der Waals surface area contributed by atoms with Crippen LogP contribution in [0.15, 0.2) is 58.3 Å². The standard InChI is InChI=1S/C28H34F3N3O2S/c1-19(2)16-33(17-20(3)4)14-13-32-26(35)18-34-23-7-5-6-8-24(23)37-25(27(34)36)15-21-9-11-22(12-10-21)28(29,30)31/h5-12,15,19-20H,13-14,16-18H2,1-4H3,(H,32,35). The zero-order chi connectivity index (χ0) is 27.2. The number of alkyl halides is 3. The first-order valence-corrected chi connectivity index (χ1v) is 13.2. The Morgan fingerprint density at radius 1 is 1.03 bits per heavy atom. The number of hydrogen-bond acceptors (Lipinski definition) is 4. The van der Waals surface area contributed by atoms with Crippen LogP contribution in [0.1, 0.15) is 38.8 Å². The molecule has 0 saturated carbocycles. The maximum Gasteiger partial charge on any atom is 0.416 e. The molecule has 0 unspecified atom stereocenters. The van der Waals surface area contributed by atoms with Crippen molar-refractivity contribution < 1.29 is 22.8 Å². The van der Waals surface area contributed by atoms with Crippen LogP contribution >= 0.6 is 11.8 Å². The highest BCUT2D eigenvalue weighted by molar-refractivity contribution is 8.04. The molecule has 3 rings (SSSR count). The molecule has 0 radical (unpaired) electrons. The second kappa shape index (κ2) is 12.6. The number of fused-ring (bicyclic) bond motifs is 1. The first kappa shape index (κ1) is 28.8. The minimum atomic E-state index is -4.43. The van der Waals surface area contributed by atoms with Crippen molar-refractivity contribution in [3.63, 3.8) is 0 Å². The lowest BCUT2D eigenvalue weighted by molar-refractivity contribution is -0.137. The van der Waals surface area contributed by atoms with Crippen molar-refractivity contribution in [2.45, 2.75) is 38.8 Å². The van der Waals surface area contributed by atoms with Crippen LogP contribution in [0.5, 0.6) is 0 Å². The minimum absolute atomic E-state index is 0.144. The molecule has 200 valence electrons. The second-order valence-corrected chi connectivity index (χ2v) is 11.1. The summed E-state index contributed by atoms with van der Waals surface area (Å²) in [5, 5.41) is 2.94. The van der Waals surface area contributed by atoms with E-state index in [0.29, 0.717) is 34.5 Å². The Hall–Kier alpha value is -2.78. The molecule has 0 aliphatic carbocycles. The molecular weight excluding hydrogens is 499 g/mol. The number of hydrogen-bond donors (Lipinski definition) is 1. The van der Waals surface area contributed by atoms with Gasteiger partial charge in [0, 0.05) is 31.1 Å². The van der Waals surface area contributed by atoms with Gasteiger partial charge in [-0.25, -0.2) is 0 Å². The minimum Gasteiger partial charge on any atom is -0.353 e. The van der Waals surface area contributed by atoms with E-state index in [1.54, 1.807) is 18.2 Å². The normalized spacial score (nSPS) is 15.1. The van der Waals surface area contributed by atoms with Crippen LogP contribution in [0.3, 0.4) is 0 Å². The second-order valence-electron chi connectivity index (χ2n) is 9.99. The summed E-state index contributed by atoms with van der Waals surface area (Å²) in [6.45, 7) is 11.6. The van der Waals surface area contributed by atoms with E-state index in [0.717, 1.165) is 36.7 Å². The number of amides is 2. The number of carbonyl (C=O) groups excluding carboxylic acids is 2. The van der Waals surface area contributed by atoms with Crippen LogP contribution in [0.4, 0.5) is 18.9 Å². The third kappa shape index (κ3) is 8.36. The van der Waals surface area contributed by atoms with E-state index in [1.807, 2.05) is 12.1 Å². The van der Waals surface area contributed by atoms with Gasteiger partial charge in [-0.15, -0.1) is 0 Å². The number of benzene rings is 2. The van der Waals surface area contributed by atoms with Crippen molar-refractivity contribution in [2.24, 2.45) is 11.8 Å². The van der Waals surface area contributed by atoms with Crippen molar-refractivity contribution in [3.05, 3.63) is 64.6 Å². The quantitative estimate of drug-likeness (QED) is 0.386. The predicted octanol–water partition coefficient (Wildman–Crippen LogP) is 5.92. The summed E-state index contributed by atoms with van der Waals surface area (Å²) in [6, 6.07) is 11.9. The predicted molar refractivity (Wildman–Crippen MR) is 143 cm³/mol. The number of nitrogens with one attached hydrogen (secondary N) is 1. The molecule has 0 spiro atoms. The Morgan fingerprint density at radius 2 is 1.65 bits per heavy atom. The number of nitrogens with zero attached hydrogens (tertiary/aromatic N) is 2. The van der Waals surface area contributed by atoms with Gasteiger partial charge < -0.3 is 10.2 Å². The molecule has 0 aromatic heterocycles. The average molecular weight is 534 g/mol. The summed E-state index contributed by atoms with van der Waals surface area (Å²) in [5.74, 6) is 0.409. The number of thioether (sulfide) groups is 1. The smallest absolute Gasteiger partial charge is 0.353 e. The van der Waals surface area contributed by atoms with Crippen molar-refractivity contribution in [2.75, 3.05) is 37.6 Å². The zero-order valence-corrected chi connectivity index (χ0v) is 22.5. The van der Waals surface area contributed by atoms with Crippen LogP contribution in [0.2, 0.25) is 0 Å². The molecule has 0 saturated heterocycles. The van der Waals surface area contributed by atoms with Crippen LogP contribution in [-0.4, -0.2) is 49.4 Å². The summed E-state index contributed by atoms with van der Waals surface area (Å²) in [7, 11) is 0. The molecule has 1 aliphatic heterocycles. The molecule has 0 fully saturated rings. The summed E-state index contributed by atoms with van der Waals surface area (Å²) < 4.78 is 38.7. The molecule has 2 aromatic rings. The lowest BCUT2D eigenvalue weighted by Crippen LogP contribution is -2.45. The first-order chi connectivity index (χ1) is 17.4. The first-order valence-electron chi connectivity index (χ1n) is 12.4. The summed E-state index contributed by atoms with van der Waals surface area (Å²) in [5.41, 5.74) is 0.364. The lowest BCUT2D eigenvalue weighted by atomic mass is 10.1. The van der Waals surface area contributed by atoms with Crippen molar-refractivity contribution >= 4 is 35.3 Å². The van der Waals surface area contributed by atoms with Gasteiger partial charge in [-0.05, 0) is 47.7 Å². The highest BCUT2D eigenvalue weighted by atomic mass is 32.2. The summed E-state index contributed by atoms with van der Waals surface area (Å²) in [6.07, 6.45) is -2.87. The number of halogens is 3. The van der Waals surface area contributed by atoms with Crippen molar-refractivity contribution in [1.29, 1.82) is 0 Å². The Bertz CT molecular complexity index is 1100. The Morgan fingerprint density at radius 3 is 2.24 bits per heavy atom. The highest BCUT2D eigenvalue weighted by Crippen LogP contribution is 2.42. The van der Waals surface area contributed by atoms with E-state index >= 15 is 0 Å². The van der Waals surface area contributed by atoms with Gasteiger partial charge in [-0.3, -0.25) is 14.5 Å². The molecule has 1 N–H and O–H groups in total. The van der Waals surface area contributed by atoms with Crippen LogP contribution < -0.4 is 10.2 Å². The lowest BCUT2D eigenvalue weighted by Gasteiger charge is -2.30. The summed E-state index contributed by atoms with van der Waals surface area (Å²) >= 11 is 1.24. The number of anilines is 1. The highest BCUT2D eigenvalue weighted by Gasteiger charge is 2.31.